The maximum atomic E-state index is 13.8. The third-order valence-electron chi connectivity index (χ3n) is 5.57. The Morgan fingerprint density at radius 1 is 1.37 bits per heavy atom. The molecule has 7 nitrogen and oxygen atoms in total. The van der Waals surface area contributed by atoms with Crippen LogP contribution < -0.4 is 10.1 Å². The molecule has 0 spiro atoms. The van der Waals surface area contributed by atoms with E-state index in [1.165, 1.54) is 12.1 Å². The Labute approximate surface area is 158 Å². The van der Waals surface area contributed by atoms with Crippen LogP contribution in [0, 0.1) is 5.82 Å². The smallest absolute Gasteiger partial charge is 0.317 e. The number of hydrogen-bond donors (Lipinski definition) is 1. The van der Waals surface area contributed by atoms with E-state index in [0.29, 0.717) is 44.0 Å². The topological polar surface area (TPSA) is 63.3 Å². The van der Waals surface area contributed by atoms with Crippen LogP contribution in [0.15, 0.2) is 12.1 Å². The molecule has 148 valence electrons. The van der Waals surface area contributed by atoms with Crippen LogP contribution in [-0.4, -0.2) is 74.6 Å². The quantitative estimate of drug-likeness (QED) is 0.859. The molecule has 1 N–H and O–H groups in total. The summed E-state index contributed by atoms with van der Waals surface area (Å²) < 4.78 is 30.4. The van der Waals surface area contributed by atoms with Crippen LogP contribution in [0.1, 0.15) is 17.5 Å². The minimum Gasteiger partial charge on any atom is -0.467 e. The lowest BCUT2D eigenvalue weighted by molar-refractivity contribution is -0.0881. The number of hydrogen-bond acceptors (Lipinski definition) is 5. The summed E-state index contributed by atoms with van der Waals surface area (Å²) in [6.45, 7) is 3.96. The van der Waals surface area contributed by atoms with Crippen LogP contribution >= 0.6 is 0 Å². The monoisotopic (exact) mass is 379 g/mol. The zero-order valence-electron chi connectivity index (χ0n) is 15.6. The van der Waals surface area contributed by atoms with E-state index in [0.717, 1.165) is 25.1 Å². The molecular weight excluding hydrogens is 353 g/mol. The van der Waals surface area contributed by atoms with Gasteiger partial charge in [0.05, 0.1) is 25.4 Å². The van der Waals surface area contributed by atoms with Crippen molar-refractivity contribution in [1.82, 2.24) is 15.1 Å². The molecule has 3 heterocycles. The largest absolute Gasteiger partial charge is 0.467 e. The van der Waals surface area contributed by atoms with Crippen molar-refractivity contribution in [3.05, 3.63) is 29.1 Å². The first-order valence-corrected chi connectivity index (χ1v) is 9.48. The second kappa shape index (κ2) is 8.00. The summed E-state index contributed by atoms with van der Waals surface area (Å²) >= 11 is 0. The third-order valence-corrected chi connectivity index (χ3v) is 5.57. The van der Waals surface area contributed by atoms with E-state index in [4.69, 9.17) is 14.2 Å². The number of piperidine rings is 1. The highest BCUT2D eigenvalue weighted by Gasteiger charge is 2.36. The standard InChI is InChI=1S/C19H26FN3O4/c1-22-6-7-26-17-3-5-23(10-16(17)22)19(24)21-4-2-13-8-15(20)9-14-11-25-12-27-18(13)14/h8-9,16-17H,2-7,10-12H2,1H3,(H,21,24)/t16-,17-/m1/s1. The predicted molar refractivity (Wildman–Crippen MR) is 96.1 cm³/mol. The molecule has 2 fully saturated rings. The normalized spacial score (nSPS) is 25.3. The van der Waals surface area contributed by atoms with Crippen molar-refractivity contribution in [3.8, 4) is 5.75 Å². The highest BCUT2D eigenvalue weighted by Crippen LogP contribution is 2.29. The molecule has 0 aromatic heterocycles. The molecular formula is C19H26FN3O4. The second-order valence-corrected chi connectivity index (χ2v) is 7.34. The summed E-state index contributed by atoms with van der Waals surface area (Å²) in [4.78, 5) is 16.7. The number of carbonyl (C=O) groups is 1. The number of carbonyl (C=O) groups excluding carboxylic acids is 1. The molecule has 8 heteroatoms. The summed E-state index contributed by atoms with van der Waals surface area (Å²) in [5, 5.41) is 2.96. The lowest BCUT2D eigenvalue weighted by Crippen LogP contribution is -2.60. The Balaban J connectivity index is 1.32. The maximum absolute atomic E-state index is 13.8. The van der Waals surface area contributed by atoms with Gasteiger partial charge in [-0.1, -0.05) is 0 Å². The molecule has 1 aromatic carbocycles. The number of likely N-dealkylation sites (N-methyl/N-ethyl adjacent to an activating group) is 1. The van der Waals surface area contributed by atoms with Gasteiger partial charge in [-0.05, 0) is 37.6 Å². The molecule has 0 aliphatic carbocycles. The van der Waals surface area contributed by atoms with Gasteiger partial charge >= 0.3 is 6.03 Å². The van der Waals surface area contributed by atoms with Gasteiger partial charge in [0.25, 0.3) is 0 Å². The van der Waals surface area contributed by atoms with Gasteiger partial charge in [-0.25, -0.2) is 9.18 Å². The van der Waals surface area contributed by atoms with Gasteiger partial charge in [0, 0.05) is 31.7 Å². The Bertz CT molecular complexity index is 702. The minimum absolute atomic E-state index is 0.0815. The fourth-order valence-electron chi connectivity index (χ4n) is 4.08. The fraction of sp³-hybridized carbons (Fsp3) is 0.632. The van der Waals surface area contributed by atoms with Gasteiger partial charge < -0.3 is 24.4 Å². The van der Waals surface area contributed by atoms with Crippen LogP contribution in [0.4, 0.5) is 9.18 Å². The van der Waals surface area contributed by atoms with Crippen LogP contribution in [0.5, 0.6) is 5.75 Å². The lowest BCUT2D eigenvalue weighted by atomic mass is 9.99. The Hall–Kier alpha value is -1.90. The number of urea groups is 1. The maximum Gasteiger partial charge on any atom is 0.317 e. The molecule has 2 atom stereocenters. The lowest BCUT2D eigenvalue weighted by Gasteiger charge is -2.45. The summed E-state index contributed by atoms with van der Waals surface area (Å²) in [6.07, 6.45) is 1.58. The second-order valence-electron chi connectivity index (χ2n) is 7.34. The highest BCUT2D eigenvalue weighted by molar-refractivity contribution is 5.74. The van der Waals surface area contributed by atoms with Gasteiger partial charge in [-0.3, -0.25) is 4.90 Å². The number of rotatable bonds is 3. The first-order chi connectivity index (χ1) is 13.1. The number of nitrogens with zero attached hydrogens (tertiary/aromatic N) is 2. The van der Waals surface area contributed by atoms with Crippen molar-refractivity contribution in [3.63, 3.8) is 0 Å². The van der Waals surface area contributed by atoms with E-state index in [2.05, 4.69) is 17.3 Å². The third kappa shape index (κ3) is 4.02. The Morgan fingerprint density at radius 2 is 2.26 bits per heavy atom. The van der Waals surface area contributed by atoms with Crippen LogP contribution in [0.25, 0.3) is 0 Å². The Morgan fingerprint density at radius 3 is 3.15 bits per heavy atom. The van der Waals surface area contributed by atoms with E-state index in [1.807, 2.05) is 4.90 Å². The van der Waals surface area contributed by atoms with Crippen molar-refractivity contribution in [2.45, 2.75) is 31.6 Å². The zero-order chi connectivity index (χ0) is 18.8. The molecule has 27 heavy (non-hydrogen) atoms. The van der Waals surface area contributed by atoms with Gasteiger partial charge in [-0.2, -0.15) is 0 Å². The van der Waals surface area contributed by atoms with E-state index < -0.39 is 0 Å². The number of fused-ring (bicyclic) bond motifs is 2. The number of amides is 2. The number of likely N-dealkylation sites (tertiary alicyclic amines) is 1. The Kier molecular flexibility index (Phi) is 5.47. The first kappa shape index (κ1) is 18.5. The average molecular weight is 379 g/mol. The number of ether oxygens (including phenoxy) is 3. The van der Waals surface area contributed by atoms with E-state index >= 15 is 0 Å². The highest BCUT2D eigenvalue weighted by atomic mass is 19.1. The number of nitrogens with one attached hydrogen (secondary N) is 1. The molecule has 3 aliphatic rings. The van der Waals surface area contributed by atoms with Crippen molar-refractivity contribution in [1.29, 1.82) is 0 Å². The average Bonchev–Trinajstić information content (AvgIpc) is 2.68. The molecule has 2 saturated heterocycles. The van der Waals surface area contributed by atoms with Gasteiger partial charge in [0.15, 0.2) is 6.79 Å². The summed E-state index contributed by atoms with van der Waals surface area (Å²) in [5.74, 6) is 0.366. The number of benzene rings is 1. The summed E-state index contributed by atoms with van der Waals surface area (Å²) in [5.41, 5.74) is 1.47. The van der Waals surface area contributed by atoms with E-state index in [1.54, 1.807) is 0 Å². The van der Waals surface area contributed by atoms with Crippen molar-refractivity contribution >= 4 is 6.03 Å². The molecule has 1 aromatic rings. The predicted octanol–water partition coefficient (Wildman–Crippen LogP) is 1.35. The van der Waals surface area contributed by atoms with Crippen molar-refractivity contribution in [2.75, 3.05) is 46.6 Å². The number of morpholine rings is 1. The van der Waals surface area contributed by atoms with Crippen LogP contribution in [0.3, 0.4) is 0 Å². The van der Waals surface area contributed by atoms with Crippen LogP contribution in [-0.2, 0) is 22.5 Å². The summed E-state index contributed by atoms with van der Waals surface area (Å²) in [7, 11) is 2.08. The molecule has 0 unspecified atom stereocenters. The molecule has 0 saturated carbocycles. The van der Waals surface area contributed by atoms with Crippen LogP contribution in [0.2, 0.25) is 0 Å². The molecule has 3 aliphatic heterocycles. The molecule has 0 radical (unpaired) electrons. The SMILES string of the molecule is CN1CCO[C@@H]2CCN(C(=O)NCCc3cc(F)cc4c3OCOC4)C[C@H]21. The summed E-state index contributed by atoms with van der Waals surface area (Å²) in [6, 6.07) is 3.07. The van der Waals surface area contributed by atoms with Gasteiger partial charge in [-0.15, -0.1) is 0 Å². The molecule has 2 amide bonds. The number of halogens is 1. The first-order valence-electron chi connectivity index (χ1n) is 9.48. The van der Waals surface area contributed by atoms with E-state index in [-0.39, 0.29) is 30.8 Å². The fourth-order valence-corrected chi connectivity index (χ4v) is 4.08. The van der Waals surface area contributed by atoms with E-state index in [9.17, 15) is 9.18 Å². The van der Waals surface area contributed by atoms with Gasteiger partial charge in [0.1, 0.15) is 11.6 Å². The zero-order valence-corrected chi connectivity index (χ0v) is 15.6. The minimum atomic E-state index is -0.313. The van der Waals surface area contributed by atoms with Gasteiger partial charge in [0.2, 0.25) is 0 Å². The van der Waals surface area contributed by atoms with Crippen molar-refractivity contribution < 1.29 is 23.4 Å². The molecule has 4 rings (SSSR count). The molecule has 0 bridgehead atoms. The van der Waals surface area contributed by atoms with Crippen molar-refractivity contribution in [2.24, 2.45) is 0 Å².